The summed E-state index contributed by atoms with van der Waals surface area (Å²) in [6.07, 6.45) is 4.52. The molecule has 2 aromatic carbocycles. The number of aromatic nitrogens is 2. The molecule has 5 nitrogen and oxygen atoms in total. The first kappa shape index (κ1) is 17.2. The fourth-order valence-electron chi connectivity index (χ4n) is 4.21. The Balaban J connectivity index is 1.30. The second-order valence-corrected chi connectivity index (χ2v) is 7.95. The molecule has 0 bridgehead atoms. The van der Waals surface area contributed by atoms with E-state index in [2.05, 4.69) is 51.9 Å². The molecule has 0 aliphatic heterocycles. The summed E-state index contributed by atoms with van der Waals surface area (Å²) in [4.78, 5) is 4.69. The SMILES string of the molecule is N#Cc1ccccc1-c1nc(C2(CN[C@H]3C[C@@H]3c3ccccc3)CCC2)no1. The van der Waals surface area contributed by atoms with Gasteiger partial charge in [0, 0.05) is 23.9 Å². The van der Waals surface area contributed by atoms with Gasteiger partial charge in [-0.3, -0.25) is 0 Å². The molecule has 2 aliphatic carbocycles. The zero-order valence-corrected chi connectivity index (χ0v) is 15.6. The highest BCUT2D eigenvalue weighted by Crippen LogP contribution is 2.45. The lowest BCUT2D eigenvalue weighted by Gasteiger charge is -2.39. The van der Waals surface area contributed by atoms with Gasteiger partial charge in [-0.15, -0.1) is 0 Å². The molecule has 0 radical (unpaired) electrons. The lowest BCUT2D eigenvalue weighted by Crippen LogP contribution is -2.45. The van der Waals surface area contributed by atoms with Gasteiger partial charge in [0.15, 0.2) is 5.82 Å². The topological polar surface area (TPSA) is 74.7 Å². The van der Waals surface area contributed by atoms with Crippen molar-refractivity contribution in [3.05, 3.63) is 71.5 Å². The van der Waals surface area contributed by atoms with Crippen LogP contribution in [0, 0.1) is 11.3 Å². The number of nitriles is 1. The molecule has 5 rings (SSSR count). The van der Waals surface area contributed by atoms with E-state index in [1.54, 1.807) is 6.07 Å². The number of benzene rings is 2. The van der Waals surface area contributed by atoms with Gasteiger partial charge in [0.1, 0.15) is 0 Å². The van der Waals surface area contributed by atoms with Crippen molar-refractivity contribution in [2.24, 2.45) is 0 Å². The van der Waals surface area contributed by atoms with Gasteiger partial charge in [0.25, 0.3) is 5.89 Å². The minimum absolute atomic E-state index is 0.0484. The molecule has 2 fully saturated rings. The van der Waals surface area contributed by atoms with Gasteiger partial charge in [-0.25, -0.2) is 0 Å². The molecule has 1 N–H and O–H groups in total. The monoisotopic (exact) mass is 370 g/mol. The number of hydrogen-bond donors (Lipinski definition) is 1. The summed E-state index contributed by atoms with van der Waals surface area (Å²) in [5, 5.41) is 17.4. The van der Waals surface area contributed by atoms with E-state index in [-0.39, 0.29) is 5.41 Å². The first-order valence-electron chi connectivity index (χ1n) is 9.91. The quantitative estimate of drug-likeness (QED) is 0.705. The van der Waals surface area contributed by atoms with Crippen LogP contribution < -0.4 is 5.32 Å². The van der Waals surface area contributed by atoms with Crippen LogP contribution in [-0.2, 0) is 5.41 Å². The van der Waals surface area contributed by atoms with Crippen molar-refractivity contribution in [2.75, 3.05) is 6.54 Å². The lowest BCUT2D eigenvalue weighted by atomic mass is 9.68. The van der Waals surface area contributed by atoms with E-state index >= 15 is 0 Å². The Morgan fingerprint density at radius 3 is 2.64 bits per heavy atom. The molecule has 140 valence electrons. The number of nitrogens with zero attached hydrogens (tertiary/aromatic N) is 3. The maximum Gasteiger partial charge on any atom is 0.259 e. The van der Waals surface area contributed by atoms with E-state index in [0.29, 0.717) is 29.0 Å². The average Bonchev–Trinajstić information content (AvgIpc) is 3.33. The van der Waals surface area contributed by atoms with Crippen LogP contribution in [0.25, 0.3) is 11.5 Å². The Morgan fingerprint density at radius 2 is 1.89 bits per heavy atom. The van der Waals surface area contributed by atoms with Crippen molar-refractivity contribution in [3.63, 3.8) is 0 Å². The maximum absolute atomic E-state index is 9.32. The molecule has 0 saturated heterocycles. The van der Waals surface area contributed by atoms with Crippen LogP contribution in [0.5, 0.6) is 0 Å². The summed E-state index contributed by atoms with van der Waals surface area (Å²) in [5.41, 5.74) is 2.63. The summed E-state index contributed by atoms with van der Waals surface area (Å²) in [5.74, 6) is 1.82. The number of nitrogens with one attached hydrogen (secondary N) is 1. The highest BCUT2D eigenvalue weighted by molar-refractivity contribution is 5.62. The van der Waals surface area contributed by atoms with E-state index in [0.717, 1.165) is 25.2 Å². The van der Waals surface area contributed by atoms with Crippen molar-refractivity contribution < 1.29 is 4.52 Å². The first-order chi connectivity index (χ1) is 13.8. The van der Waals surface area contributed by atoms with E-state index in [9.17, 15) is 5.26 Å². The van der Waals surface area contributed by atoms with E-state index in [1.807, 2.05) is 18.2 Å². The Bertz CT molecular complexity index is 1020. The third-order valence-corrected chi connectivity index (χ3v) is 6.21. The molecule has 1 heterocycles. The van der Waals surface area contributed by atoms with Crippen LogP contribution in [0.15, 0.2) is 59.1 Å². The normalized spacial score (nSPS) is 22.2. The number of hydrogen-bond acceptors (Lipinski definition) is 5. The highest BCUT2D eigenvalue weighted by atomic mass is 16.5. The highest BCUT2D eigenvalue weighted by Gasteiger charge is 2.46. The van der Waals surface area contributed by atoms with Crippen LogP contribution in [0.3, 0.4) is 0 Å². The van der Waals surface area contributed by atoms with E-state index in [4.69, 9.17) is 4.52 Å². The summed E-state index contributed by atoms with van der Waals surface area (Å²) in [6.45, 7) is 0.875. The molecule has 2 atom stereocenters. The van der Waals surface area contributed by atoms with Crippen molar-refractivity contribution in [2.45, 2.75) is 43.1 Å². The molecule has 0 amide bonds. The van der Waals surface area contributed by atoms with Gasteiger partial charge in [-0.1, -0.05) is 54.0 Å². The van der Waals surface area contributed by atoms with Crippen molar-refractivity contribution in [3.8, 4) is 17.5 Å². The second-order valence-electron chi connectivity index (χ2n) is 7.95. The molecule has 0 unspecified atom stereocenters. The maximum atomic E-state index is 9.32. The minimum Gasteiger partial charge on any atom is -0.334 e. The zero-order chi connectivity index (χ0) is 19.0. The van der Waals surface area contributed by atoms with E-state index in [1.165, 1.54) is 18.4 Å². The first-order valence-corrected chi connectivity index (χ1v) is 9.91. The third kappa shape index (κ3) is 3.00. The predicted octanol–water partition coefficient (Wildman–Crippen LogP) is 4.18. The Hall–Kier alpha value is -2.97. The molecule has 3 aromatic rings. The molecule has 0 spiro atoms. The largest absolute Gasteiger partial charge is 0.334 e. The molecular weight excluding hydrogens is 348 g/mol. The molecule has 28 heavy (non-hydrogen) atoms. The fraction of sp³-hybridized carbons (Fsp3) is 0.348. The second kappa shape index (κ2) is 6.88. The van der Waals surface area contributed by atoms with Crippen molar-refractivity contribution >= 4 is 0 Å². The molecule has 5 heteroatoms. The minimum atomic E-state index is -0.0484. The predicted molar refractivity (Wildman–Crippen MR) is 106 cm³/mol. The van der Waals surface area contributed by atoms with Crippen molar-refractivity contribution in [1.29, 1.82) is 5.26 Å². The van der Waals surface area contributed by atoms with Gasteiger partial charge in [-0.2, -0.15) is 10.2 Å². The van der Waals surface area contributed by atoms with Gasteiger partial charge in [0.05, 0.1) is 17.2 Å². The van der Waals surface area contributed by atoms with Gasteiger partial charge in [0.2, 0.25) is 0 Å². The smallest absolute Gasteiger partial charge is 0.259 e. The van der Waals surface area contributed by atoms with E-state index < -0.39 is 0 Å². The average molecular weight is 370 g/mol. The van der Waals surface area contributed by atoms with Crippen LogP contribution in [0.4, 0.5) is 0 Å². The molecular formula is C23H22N4O. The summed E-state index contributed by atoms with van der Waals surface area (Å²) in [6, 6.07) is 20.8. The zero-order valence-electron chi connectivity index (χ0n) is 15.6. The van der Waals surface area contributed by atoms with Gasteiger partial charge in [-0.05, 0) is 37.0 Å². The summed E-state index contributed by atoms with van der Waals surface area (Å²) < 4.78 is 5.55. The molecule has 2 saturated carbocycles. The van der Waals surface area contributed by atoms with Crippen LogP contribution in [0.2, 0.25) is 0 Å². The standard InChI is InChI=1S/C23H22N4O/c24-14-17-9-4-5-10-18(17)21-26-22(27-28-21)23(11-6-12-23)15-25-20-13-19(20)16-7-2-1-3-8-16/h1-5,7-10,19-20,25H,6,11-13,15H2/t19-,20+/m1/s1. The lowest BCUT2D eigenvalue weighted by molar-refractivity contribution is 0.211. The van der Waals surface area contributed by atoms with Crippen LogP contribution >= 0.6 is 0 Å². The summed E-state index contributed by atoms with van der Waals surface area (Å²) in [7, 11) is 0. The number of rotatable bonds is 6. The van der Waals surface area contributed by atoms with Gasteiger partial charge < -0.3 is 9.84 Å². The molecule has 2 aliphatic rings. The Morgan fingerprint density at radius 1 is 1.11 bits per heavy atom. The van der Waals surface area contributed by atoms with Crippen LogP contribution in [0.1, 0.15) is 48.6 Å². The third-order valence-electron chi connectivity index (χ3n) is 6.21. The summed E-state index contributed by atoms with van der Waals surface area (Å²) >= 11 is 0. The Labute approximate surface area is 164 Å². The van der Waals surface area contributed by atoms with Crippen LogP contribution in [-0.4, -0.2) is 22.7 Å². The van der Waals surface area contributed by atoms with Gasteiger partial charge >= 0.3 is 0 Å². The fourth-order valence-corrected chi connectivity index (χ4v) is 4.21. The Kier molecular flexibility index (Phi) is 4.22. The van der Waals surface area contributed by atoms with Crippen molar-refractivity contribution in [1.82, 2.24) is 15.5 Å². The molecule has 1 aromatic heterocycles.